The number of hydrogen-bond donors (Lipinski definition) is 3. The number of aliphatic hydroxyl groups excluding tert-OH is 2. The van der Waals surface area contributed by atoms with Crippen molar-refractivity contribution in [3.05, 3.63) is 35.9 Å². The smallest absolute Gasteiger partial charge is 0.126 e. The zero-order valence-corrected chi connectivity index (χ0v) is 8.43. The molecule has 3 heteroatoms. The molecule has 78 valence electrons. The van der Waals surface area contributed by atoms with Gasteiger partial charge in [-0.15, -0.1) is 0 Å². The van der Waals surface area contributed by atoms with Crippen LogP contribution < -0.4 is 5.32 Å². The largest absolute Gasteiger partial charge is 0.393 e. The second kappa shape index (κ2) is 5.75. The van der Waals surface area contributed by atoms with E-state index in [1.54, 1.807) is 0 Å². The van der Waals surface area contributed by atoms with Gasteiger partial charge in [0.2, 0.25) is 0 Å². The molecule has 0 unspecified atom stereocenters. The second-order valence-corrected chi connectivity index (χ2v) is 3.51. The Bertz CT molecular complexity index is 251. The van der Waals surface area contributed by atoms with E-state index in [0.29, 0.717) is 12.6 Å². The van der Waals surface area contributed by atoms with E-state index < -0.39 is 6.10 Å². The molecule has 0 amide bonds. The van der Waals surface area contributed by atoms with Crippen LogP contribution in [0.2, 0.25) is 0 Å². The van der Waals surface area contributed by atoms with Crippen LogP contribution in [0.3, 0.4) is 0 Å². The van der Waals surface area contributed by atoms with Crippen LogP contribution in [0.25, 0.3) is 0 Å². The lowest BCUT2D eigenvalue weighted by Gasteiger charge is -2.12. The van der Waals surface area contributed by atoms with Gasteiger partial charge in [-0.3, -0.25) is 0 Å². The highest BCUT2D eigenvalue weighted by atomic mass is 16.3. The van der Waals surface area contributed by atoms with E-state index in [1.165, 1.54) is 5.56 Å². The van der Waals surface area contributed by atoms with Gasteiger partial charge in [-0.25, -0.2) is 0 Å². The molecule has 0 heterocycles. The van der Waals surface area contributed by atoms with Crippen LogP contribution in [-0.2, 0) is 0 Å². The highest BCUT2D eigenvalue weighted by molar-refractivity contribution is 5.16. The maximum atomic E-state index is 9.17. The molecule has 0 fully saturated rings. The molecule has 0 spiro atoms. The fourth-order valence-electron chi connectivity index (χ4n) is 1.33. The Labute approximate surface area is 84.4 Å². The number of rotatable bonds is 5. The summed E-state index contributed by atoms with van der Waals surface area (Å²) in [5, 5.41) is 19.8. The first-order valence-electron chi connectivity index (χ1n) is 4.91. The van der Waals surface area contributed by atoms with Crippen molar-refractivity contribution in [2.75, 3.05) is 13.2 Å². The SMILES string of the molecule is C[C@H]([NH2+]C[C@@H](O)CO)c1ccccc1. The molecule has 1 rings (SSSR count). The lowest BCUT2D eigenvalue weighted by molar-refractivity contribution is -0.698. The predicted octanol–water partition coefficient (Wildman–Crippen LogP) is -0.336. The Hall–Kier alpha value is -0.900. The molecule has 0 aliphatic rings. The topological polar surface area (TPSA) is 57.1 Å². The minimum atomic E-state index is -0.624. The third kappa shape index (κ3) is 3.46. The van der Waals surface area contributed by atoms with Crippen molar-refractivity contribution < 1.29 is 15.5 Å². The van der Waals surface area contributed by atoms with Gasteiger partial charge in [-0.05, 0) is 6.92 Å². The van der Waals surface area contributed by atoms with Gasteiger partial charge < -0.3 is 15.5 Å². The molecule has 0 aromatic heterocycles. The van der Waals surface area contributed by atoms with Crippen LogP contribution in [0.15, 0.2) is 30.3 Å². The molecule has 1 aromatic carbocycles. The van der Waals surface area contributed by atoms with Crippen molar-refractivity contribution in [2.45, 2.75) is 19.1 Å². The summed E-state index contributed by atoms with van der Waals surface area (Å²) in [6.45, 7) is 2.45. The lowest BCUT2D eigenvalue weighted by Crippen LogP contribution is -2.87. The molecular weight excluding hydrogens is 178 g/mol. The summed E-state index contributed by atoms with van der Waals surface area (Å²) < 4.78 is 0. The van der Waals surface area contributed by atoms with Crippen LogP contribution in [0.5, 0.6) is 0 Å². The molecule has 0 saturated carbocycles. The fraction of sp³-hybridized carbons (Fsp3) is 0.455. The number of hydrogen-bond acceptors (Lipinski definition) is 2. The Balaban J connectivity index is 2.39. The molecule has 4 N–H and O–H groups in total. The van der Waals surface area contributed by atoms with E-state index >= 15 is 0 Å². The monoisotopic (exact) mass is 196 g/mol. The van der Waals surface area contributed by atoms with Crippen LogP contribution in [0, 0.1) is 0 Å². The molecular formula is C11H18NO2+. The summed E-state index contributed by atoms with van der Waals surface area (Å²) in [5.41, 5.74) is 1.23. The summed E-state index contributed by atoms with van der Waals surface area (Å²) in [5.74, 6) is 0. The Morgan fingerprint density at radius 3 is 2.50 bits per heavy atom. The second-order valence-electron chi connectivity index (χ2n) is 3.51. The summed E-state index contributed by atoms with van der Waals surface area (Å²) in [6.07, 6.45) is -0.624. The van der Waals surface area contributed by atoms with Crippen LogP contribution in [0.1, 0.15) is 18.5 Å². The average Bonchev–Trinajstić information content (AvgIpc) is 2.26. The maximum absolute atomic E-state index is 9.17. The van der Waals surface area contributed by atoms with Gasteiger partial charge in [-0.1, -0.05) is 30.3 Å². The Morgan fingerprint density at radius 2 is 1.93 bits per heavy atom. The van der Waals surface area contributed by atoms with E-state index in [4.69, 9.17) is 5.11 Å². The first kappa shape index (κ1) is 11.2. The number of aliphatic hydroxyl groups is 2. The van der Waals surface area contributed by atoms with Crippen LogP contribution in [0.4, 0.5) is 0 Å². The van der Waals surface area contributed by atoms with Gasteiger partial charge in [0, 0.05) is 5.56 Å². The summed E-state index contributed by atoms with van der Waals surface area (Å²) in [6, 6.07) is 10.4. The summed E-state index contributed by atoms with van der Waals surface area (Å²) in [7, 11) is 0. The van der Waals surface area contributed by atoms with Crippen LogP contribution in [-0.4, -0.2) is 29.5 Å². The minimum absolute atomic E-state index is 0.169. The van der Waals surface area contributed by atoms with Gasteiger partial charge in [0.1, 0.15) is 18.7 Å². The standard InChI is InChI=1S/C11H17NO2/c1-9(12-7-11(14)8-13)10-5-3-2-4-6-10/h2-6,9,11-14H,7-8H2,1H3/p+1/t9-,11+/m0/s1. The molecule has 0 aliphatic heterocycles. The summed E-state index contributed by atoms with van der Waals surface area (Å²) in [4.78, 5) is 0. The Kier molecular flexibility index (Phi) is 4.59. The molecule has 14 heavy (non-hydrogen) atoms. The minimum Gasteiger partial charge on any atom is -0.393 e. The van der Waals surface area contributed by atoms with E-state index in [0.717, 1.165) is 0 Å². The van der Waals surface area contributed by atoms with Crippen molar-refractivity contribution in [3.63, 3.8) is 0 Å². The van der Waals surface area contributed by atoms with E-state index in [1.807, 2.05) is 23.5 Å². The van der Waals surface area contributed by atoms with Crippen LogP contribution >= 0.6 is 0 Å². The number of benzene rings is 1. The highest BCUT2D eigenvalue weighted by Crippen LogP contribution is 2.05. The molecule has 0 bridgehead atoms. The fourth-order valence-corrected chi connectivity index (χ4v) is 1.33. The molecule has 0 aliphatic carbocycles. The average molecular weight is 196 g/mol. The number of nitrogens with two attached hydrogens (primary N) is 1. The maximum Gasteiger partial charge on any atom is 0.126 e. The van der Waals surface area contributed by atoms with Crippen molar-refractivity contribution in [1.29, 1.82) is 0 Å². The van der Waals surface area contributed by atoms with Crippen molar-refractivity contribution in [2.24, 2.45) is 0 Å². The summed E-state index contributed by atoms with van der Waals surface area (Å²) >= 11 is 0. The zero-order chi connectivity index (χ0) is 10.4. The van der Waals surface area contributed by atoms with Gasteiger partial charge in [-0.2, -0.15) is 0 Å². The third-order valence-corrected chi connectivity index (χ3v) is 2.30. The first-order valence-corrected chi connectivity index (χ1v) is 4.91. The highest BCUT2D eigenvalue weighted by Gasteiger charge is 2.10. The third-order valence-electron chi connectivity index (χ3n) is 2.30. The van der Waals surface area contributed by atoms with Crippen molar-refractivity contribution in [1.82, 2.24) is 0 Å². The quantitative estimate of drug-likeness (QED) is 0.603. The molecule has 1 aromatic rings. The van der Waals surface area contributed by atoms with Gasteiger partial charge in [0.25, 0.3) is 0 Å². The lowest BCUT2D eigenvalue weighted by atomic mass is 10.1. The molecule has 0 saturated heterocycles. The number of quaternary nitrogens is 1. The Morgan fingerprint density at radius 1 is 1.29 bits per heavy atom. The molecule has 3 nitrogen and oxygen atoms in total. The normalized spacial score (nSPS) is 15.1. The zero-order valence-electron chi connectivity index (χ0n) is 8.43. The van der Waals surface area contributed by atoms with E-state index in [2.05, 4.69) is 19.1 Å². The van der Waals surface area contributed by atoms with Gasteiger partial charge >= 0.3 is 0 Å². The first-order chi connectivity index (χ1) is 6.74. The van der Waals surface area contributed by atoms with Crippen molar-refractivity contribution in [3.8, 4) is 0 Å². The van der Waals surface area contributed by atoms with Gasteiger partial charge in [0.15, 0.2) is 0 Å². The van der Waals surface area contributed by atoms with Gasteiger partial charge in [0.05, 0.1) is 6.61 Å². The van der Waals surface area contributed by atoms with E-state index in [-0.39, 0.29) is 6.61 Å². The molecule has 0 radical (unpaired) electrons. The molecule has 2 atom stereocenters. The van der Waals surface area contributed by atoms with Crippen molar-refractivity contribution >= 4 is 0 Å². The predicted molar refractivity (Wildman–Crippen MR) is 54.7 cm³/mol. The van der Waals surface area contributed by atoms with E-state index in [9.17, 15) is 5.11 Å².